The average Bonchev–Trinajstić information content (AvgIpc) is 2.37. The first-order valence-corrected chi connectivity index (χ1v) is 7.02. The normalized spacial score (nSPS) is 11.4. The predicted octanol–water partition coefficient (Wildman–Crippen LogP) is 0.808. The fourth-order valence-corrected chi connectivity index (χ4v) is 2.20. The number of nitrogens with one attached hydrogen (secondary N) is 1. The second-order valence-corrected chi connectivity index (χ2v) is 5.51. The van der Waals surface area contributed by atoms with Gasteiger partial charge in [0.05, 0.1) is 4.90 Å². The zero-order valence-electron chi connectivity index (χ0n) is 10.3. The lowest BCUT2D eigenvalue weighted by Crippen LogP contribution is -2.09. The number of nitrogens with two attached hydrogens (primary N) is 1. The van der Waals surface area contributed by atoms with Gasteiger partial charge in [-0.2, -0.15) is 0 Å². The second-order valence-electron chi connectivity index (χ2n) is 3.68. The molecule has 0 spiro atoms. The average molecular weight is 282 g/mol. The molecule has 0 saturated carbocycles. The zero-order chi connectivity index (χ0) is 14.5. The summed E-state index contributed by atoms with van der Waals surface area (Å²) in [4.78, 5) is 21.7. The van der Waals surface area contributed by atoms with E-state index in [2.05, 4.69) is 5.32 Å². The maximum Gasteiger partial charge on any atom is 0.242 e. The number of carbonyl (C=O) groups excluding carboxylic acids is 2. The topological polar surface area (TPSA) is 106 Å². The van der Waals surface area contributed by atoms with Crippen molar-refractivity contribution in [1.29, 1.82) is 0 Å². The van der Waals surface area contributed by atoms with Gasteiger partial charge in [0, 0.05) is 23.6 Å². The van der Waals surface area contributed by atoms with Crippen LogP contribution in [0, 0.1) is 0 Å². The Labute approximate surface area is 111 Å². The first-order valence-electron chi connectivity index (χ1n) is 5.47. The highest BCUT2D eigenvalue weighted by Gasteiger charge is 2.10. The van der Waals surface area contributed by atoms with Crippen molar-refractivity contribution in [3.8, 4) is 0 Å². The van der Waals surface area contributed by atoms with Crippen LogP contribution in [-0.4, -0.2) is 20.2 Å². The van der Waals surface area contributed by atoms with Gasteiger partial charge in [-0.05, 0) is 24.3 Å². The number of primary amides is 1. The molecule has 2 amide bonds. The van der Waals surface area contributed by atoms with E-state index in [-0.39, 0.29) is 10.8 Å². The van der Waals surface area contributed by atoms with Gasteiger partial charge in [-0.15, -0.1) is 0 Å². The van der Waals surface area contributed by atoms with E-state index >= 15 is 0 Å². The van der Waals surface area contributed by atoms with Crippen LogP contribution in [0.25, 0.3) is 0 Å². The molecule has 0 radical (unpaired) electrons. The smallest absolute Gasteiger partial charge is 0.242 e. The molecule has 0 fully saturated rings. The molecular formula is C12H14N2O4S. The Hall–Kier alpha value is -2.15. The van der Waals surface area contributed by atoms with Crippen LogP contribution < -0.4 is 11.1 Å². The van der Waals surface area contributed by atoms with E-state index in [0.717, 1.165) is 11.5 Å². The quantitative estimate of drug-likeness (QED) is 0.779. The molecule has 1 aromatic rings. The number of carbonyl (C=O) groups is 2. The first-order chi connectivity index (χ1) is 8.85. The molecule has 0 bridgehead atoms. The van der Waals surface area contributed by atoms with Crippen LogP contribution in [0.2, 0.25) is 0 Å². The third kappa shape index (κ3) is 4.55. The molecule has 3 N–H and O–H groups in total. The first kappa shape index (κ1) is 14.9. The highest BCUT2D eigenvalue weighted by molar-refractivity contribution is 7.94. The molecule has 1 aromatic carbocycles. The molecule has 0 aliphatic carbocycles. The summed E-state index contributed by atoms with van der Waals surface area (Å²) in [6, 6.07) is 5.62. The van der Waals surface area contributed by atoms with E-state index in [1.54, 1.807) is 6.92 Å². The van der Waals surface area contributed by atoms with Crippen LogP contribution in [0.4, 0.5) is 5.69 Å². The largest absolute Gasteiger partial charge is 0.366 e. The van der Waals surface area contributed by atoms with Gasteiger partial charge in [-0.25, -0.2) is 8.42 Å². The van der Waals surface area contributed by atoms with Crippen LogP contribution >= 0.6 is 0 Å². The Balaban J connectivity index is 2.92. The van der Waals surface area contributed by atoms with Crippen LogP contribution in [0.1, 0.15) is 13.3 Å². The second kappa shape index (κ2) is 6.14. The van der Waals surface area contributed by atoms with Crippen LogP contribution in [0.15, 0.2) is 40.6 Å². The Bertz CT molecular complexity index is 603. The molecule has 1 rings (SSSR count). The van der Waals surface area contributed by atoms with Gasteiger partial charge in [-0.3, -0.25) is 9.59 Å². The summed E-state index contributed by atoms with van der Waals surface area (Å²) in [5.74, 6) is -1.00. The lowest BCUT2D eigenvalue weighted by atomic mass is 10.3. The van der Waals surface area contributed by atoms with Gasteiger partial charge in [0.25, 0.3) is 0 Å². The van der Waals surface area contributed by atoms with Gasteiger partial charge >= 0.3 is 0 Å². The minimum atomic E-state index is -3.70. The lowest BCUT2D eigenvalue weighted by Gasteiger charge is -2.04. The summed E-state index contributed by atoms with van der Waals surface area (Å²) < 4.78 is 23.5. The maximum absolute atomic E-state index is 11.7. The number of rotatable bonds is 5. The van der Waals surface area contributed by atoms with Crippen molar-refractivity contribution in [2.75, 3.05) is 5.32 Å². The van der Waals surface area contributed by atoms with Crippen molar-refractivity contribution >= 4 is 27.3 Å². The Morgan fingerprint density at radius 1 is 1.26 bits per heavy atom. The number of benzene rings is 1. The van der Waals surface area contributed by atoms with Gasteiger partial charge < -0.3 is 11.1 Å². The summed E-state index contributed by atoms with van der Waals surface area (Å²) in [6.07, 6.45) is 1.11. The van der Waals surface area contributed by atoms with E-state index in [1.165, 1.54) is 24.3 Å². The monoisotopic (exact) mass is 282 g/mol. The Kier molecular flexibility index (Phi) is 4.82. The van der Waals surface area contributed by atoms with Gasteiger partial charge in [0.15, 0.2) is 9.84 Å². The summed E-state index contributed by atoms with van der Waals surface area (Å²) in [7, 11) is -3.70. The summed E-state index contributed by atoms with van der Waals surface area (Å²) in [5, 5.41) is 3.34. The summed E-state index contributed by atoms with van der Waals surface area (Å²) in [5.41, 5.74) is 5.34. The standard InChI is InChI=1S/C12H14N2O4S/c1-2-12(16)14-9-3-5-10(6-4-9)19(17,18)8-7-11(13)15/h3-8H,2H2,1H3,(H2,13,15)(H,14,16). The third-order valence-corrected chi connectivity index (χ3v) is 3.62. The van der Waals surface area contributed by atoms with E-state index in [4.69, 9.17) is 5.73 Å². The molecule has 6 nitrogen and oxygen atoms in total. The SMILES string of the molecule is CCC(=O)Nc1ccc(S(=O)(=O)C=CC(N)=O)cc1. The third-order valence-electron chi connectivity index (χ3n) is 2.20. The van der Waals surface area contributed by atoms with Crippen molar-refractivity contribution in [2.45, 2.75) is 18.2 Å². The molecule has 0 aromatic heterocycles. The predicted molar refractivity (Wildman–Crippen MR) is 70.9 cm³/mol. The van der Waals surface area contributed by atoms with Crippen LogP contribution in [0.3, 0.4) is 0 Å². The van der Waals surface area contributed by atoms with Gasteiger partial charge in [0.2, 0.25) is 11.8 Å². The molecule has 0 heterocycles. The molecule has 0 unspecified atom stereocenters. The number of hydrogen-bond acceptors (Lipinski definition) is 4. The molecule has 19 heavy (non-hydrogen) atoms. The van der Waals surface area contributed by atoms with E-state index in [0.29, 0.717) is 12.1 Å². The number of amides is 2. The summed E-state index contributed by atoms with van der Waals surface area (Å²) in [6.45, 7) is 1.71. The van der Waals surface area contributed by atoms with Crippen molar-refractivity contribution in [3.63, 3.8) is 0 Å². The highest BCUT2D eigenvalue weighted by Crippen LogP contribution is 2.16. The van der Waals surface area contributed by atoms with Crippen molar-refractivity contribution in [2.24, 2.45) is 5.73 Å². The van der Waals surface area contributed by atoms with E-state index < -0.39 is 15.7 Å². The molecule has 0 aliphatic heterocycles. The fourth-order valence-electron chi connectivity index (χ4n) is 1.21. The maximum atomic E-state index is 11.7. The van der Waals surface area contributed by atoms with Crippen molar-refractivity contribution < 1.29 is 18.0 Å². The molecule has 102 valence electrons. The van der Waals surface area contributed by atoms with Crippen LogP contribution in [-0.2, 0) is 19.4 Å². The lowest BCUT2D eigenvalue weighted by molar-refractivity contribution is -0.116. The number of anilines is 1. The minimum Gasteiger partial charge on any atom is -0.366 e. The van der Waals surface area contributed by atoms with Crippen molar-refractivity contribution in [1.82, 2.24) is 0 Å². The molecule has 0 atom stereocenters. The minimum absolute atomic E-state index is 0.0134. The number of sulfone groups is 1. The number of hydrogen-bond donors (Lipinski definition) is 2. The van der Waals surface area contributed by atoms with Crippen molar-refractivity contribution in [3.05, 3.63) is 35.7 Å². The summed E-state index contributed by atoms with van der Waals surface area (Å²) >= 11 is 0. The highest BCUT2D eigenvalue weighted by atomic mass is 32.2. The Morgan fingerprint density at radius 2 is 1.84 bits per heavy atom. The molecule has 0 saturated heterocycles. The molecular weight excluding hydrogens is 268 g/mol. The Morgan fingerprint density at radius 3 is 2.32 bits per heavy atom. The van der Waals surface area contributed by atoms with E-state index in [9.17, 15) is 18.0 Å². The fraction of sp³-hybridized carbons (Fsp3) is 0.167. The van der Waals surface area contributed by atoms with Gasteiger partial charge in [-0.1, -0.05) is 6.92 Å². The van der Waals surface area contributed by atoms with E-state index in [1.807, 2.05) is 0 Å². The zero-order valence-corrected chi connectivity index (χ0v) is 11.1. The van der Waals surface area contributed by atoms with Crippen LogP contribution in [0.5, 0.6) is 0 Å². The van der Waals surface area contributed by atoms with Gasteiger partial charge in [0.1, 0.15) is 0 Å². The molecule has 0 aliphatic rings. The molecule has 7 heteroatoms.